The van der Waals surface area contributed by atoms with Gasteiger partial charge in [-0.2, -0.15) is 0 Å². The Balaban J connectivity index is 0.00000400. The molecule has 0 saturated heterocycles. The maximum atomic E-state index is 6.10. The molecule has 1 atom stereocenters. The molecule has 0 amide bonds. The molecule has 2 N–H and O–H groups in total. The van der Waals surface area contributed by atoms with Gasteiger partial charge in [0, 0.05) is 11.6 Å². The number of rotatable bonds is 6. The Morgan fingerprint density at radius 1 is 1.19 bits per heavy atom. The monoisotopic (exact) mass is 313 g/mol. The van der Waals surface area contributed by atoms with Gasteiger partial charge in [-0.1, -0.05) is 46.8 Å². The van der Waals surface area contributed by atoms with Gasteiger partial charge in [0.25, 0.3) is 0 Å². The van der Waals surface area contributed by atoms with Crippen molar-refractivity contribution in [3.63, 3.8) is 0 Å². The van der Waals surface area contributed by atoms with Crippen LogP contribution in [-0.2, 0) is 11.8 Å². The van der Waals surface area contributed by atoms with Gasteiger partial charge in [-0.3, -0.25) is 0 Å². The molecule has 3 heteroatoms. The van der Waals surface area contributed by atoms with Crippen LogP contribution in [0.5, 0.6) is 5.75 Å². The molecular formula is C18H32ClNO. The van der Waals surface area contributed by atoms with Crippen LogP contribution in [0.1, 0.15) is 64.2 Å². The summed E-state index contributed by atoms with van der Waals surface area (Å²) in [5.41, 5.74) is 10.0. The minimum absolute atomic E-state index is 0. The Morgan fingerprint density at radius 2 is 1.81 bits per heavy atom. The summed E-state index contributed by atoms with van der Waals surface area (Å²) in [6.45, 7) is 13.9. The molecule has 0 heterocycles. The van der Waals surface area contributed by atoms with Gasteiger partial charge in [-0.05, 0) is 42.7 Å². The van der Waals surface area contributed by atoms with E-state index in [-0.39, 0.29) is 23.9 Å². The average molecular weight is 314 g/mol. The van der Waals surface area contributed by atoms with Crippen LogP contribution >= 0.6 is 12.4 Å². The van der Waals surface area contributed by atoms with Gasteiger partial charge in [0.05, 0.1) is 6.61 Å². The van der Waals surface area contributed by atoms with Crippen molar-refractivity contribution in [2.45, 2.75) is 72.3 Å². The SMILES string of the molecule is CCCOc1c(C)cc(CC(N)CC)cc1C(C)(C)C.Cl. The molecule has 1 rings (SSSR count). The third-order valence-electron chi connectivity index (χ3n) is 3.62. The predicted octanol–water partition coefficient (Wildman–Crippen LogP) is 4.78. The smallest absolute Gasteiger partial charge is 0.125 e. The van der Waals surface area contributed by atoms with E-state index in [0.29, 0.717) is 0 Å². The van der Waals surface area contributed by atoms with Crippen LogP contribution in [0.15, 0.2) is 12.1 Å². The first-order valence-corrected chi connectivity index (χ1v) is 7.82. The highest BCUT2D eigenvalue weighted by Crippen LogP contribution is 2.35. The van der Waals surface area contributed by atoms with Crippen LogP contribution in [0.25, 0.3) is 0 Å². The predicted molar refractivity (Wildman–Crippen MR) is 94.9 cm³/mol. The number of halogens is 1. The first-order chi connectivity index (χ1) is 9.29. The fourth-order valence-corrected chi connectivity index (χ4v) is 2.37. The molecule has 1 aromatic carbocycles. The largest absolute Gasteiger partial charge is 0.493 e. The molecule has 0 fully saturated rings. The topological polar surface area (TPSA) is 35.2 Å². The van der Waals surface area contributed by atoms with E-state index in [0.717, 1.165) is 31.6 Å². The number of benzene rings is 1. The van der Waals surface area contributed by atoms with Crippen molar-refractivity contribution in [1.29, 1.82) is 0 Å². The second-order valence-corrected chi connectivity index (χ2v) is 6.76. The highest BCUT2D eigenvalue weighted by Gasteiger charge is 2.21. The van der Waals surface area contributed by atoms with E-state index in [1.165, 1.54) is 16.7 Å². The Morgan fingerprint density at radius 3 is 2.29 bits per heavy atom. The molecule has 0 spiro atoms. The van der Waals surface area contributed by atoms with Gasteiger partial charge < -0.3 is 10.5 Å². The molecule has 0 radical (unpaired) electrons. The number of hydrogen-bond donors (Lipinski definition) is 1. The van der Waals surface area contributed by atoms with E-state index in [1.807, 2.05) is 0 Å². The summed E-state index contributed by atoms with van der Waals surface area (Å²) in [5, 5.41) is 0. The molecule has 1 aromatic rings. The second-order valence-electron chi connectivity index (χ2n) is 6.76. The van der Waals surface area contributed by atoms with E-state index < -0.39 is 0 Å². The van der Waals surface area contributed by atoms with E-state index in [2.05, 4.69) is 53.7 Å². The summed E-state index contributed by atoms with van der Waals surface area (Å²) in [6, 6.07) is 4.76. The van der Waals surface area contributed by atoms with Crippen molar-refractivity contribution in [1.82, 2.24) is 0 Å². The summed E-state index contributed by atoms with van der Waals surface area (Å²) < 4.78 is 6.00. The van der Waals surface area contributed by atoms with Gasteiger partial charge in [-0.25, -0.2) is 0 Å². The lowest BCUT2D eigenvalue weighted by molar-refractivity contribution is 0.306. The molecule has 0 aromatic heterocycles. The molecule has 0 aliphatic carbocycles. The zero-order chi connectivity index (χ0) is 15.3. The average Bonchev–Trinajstić information content (AvgIpc) is 2.35. The van der Waals surface area contributed by atoms with Crippen LogP contribution < -0.4 is 10.5 Å². The molecular weight excluding hydrogens is 282 g/mol. The molecule has 2 nitrogen and oxygen atoms in total. The zero-order valence-corrected chi connectivity index (χ0v) is 15.3. The Labute approximate surface area is 136 Å². The molecule has 1 unspecified atom stereocenters. The fourth-order valence-electron chi connectivity index (χ4n) is 2.37. The van der Waals surface area contributed by atoms with Gasteiger partial charge in [0.1, 0.15) is 5.75 Å². The lowest BCUT2D eigenvalue weighted by atomic mass is 9.83. The van der Waals surface area contributed by atoms with Gasteiger partial charge in [0.2, 0.25) is 0 Å². The van der Waals surface area contributed by atoms with Gasteiger partial charge in [-0.15, -0.1) is 12.4 Å². The minimum atomic E-state index is 0. The molecule has 0 aliphatic heterocycles. The van der Waals surface area contributed by atoms with Crippen LogP contribution in [0.3, 0.4) is 0 Å². The molecule has 21 heavy (non-hydrogen) atoms. The Kier molecular flexibility index (Phi) is 8.35. The molecule has 122 valence electrons. The quantitative estimate of drug-likeness (QED) is 0.820. The minimum Gasteiger partial charge on any atom is -0.493 e. The highest BCUT2D eigenvalue weighted by atomic mass is 35.5. The van der Waals surface area contributed by atoms with Crippen molar-refractivity contribution in [2.75, 3.05) is 6.61 Å². The van der Waals surface area contributed by atoms with Gasteiger partial charge >= 0.3 is 0 Å². The summed E-state index contributed by atoms with van der Waals surface area (Å²) in [4.78, 5) is 0. The molecule has 0 aliphatic rings. The van der Waals surface area contributed by atoms with Crippen LogP contribution in [0, 0.1) is 6.92 Å². The lowest BCUT2D eigenvalue weighted by Crippen LogP contribution is -2.22. The lowest BCUT2D eigenvalue weighted by Gasteiger charge is -2.26. The zero-order valence-electron chi connectivity index (χ0n) is 14.5. The van der Waals surface area contributed by atoms with E-state index in [4.69, 9.17) is 10.5 Å². The first kappa shape index (κ1) is 20.3. The highest BCUT2D eigenvalue weighted by molar-refractivity contribution is 5.85. The third kappa shape index (κ3) is 5.88. The van der Waals surface area contributed by atoms with Crippen molar-refractivity contribution in [3.05, 3.63) is 28.8 Å². The number of aryl methyl sites for hydroxylation is 1. The van der Waals surface area contributed by atoms with Crippen molar-refractivity contribution < 1.29 is 4.74 Å². The van der Waals surface area contributed by atoms with Crippen LogP contribution in [0.4, 0.5) is 0 Å². The summed E-state index contributed by atoms with van der Waals surface area (Å²) in [7, 11) is 0. The van der Waals surface area contributed by atoms with E-state index in [1.54, 1.807) is 0 Å². The van der Waals surface area contributed by atoms with Crippen molar-refractivity contribution in [2.24, 2.45) is 5.73 Å². The number of ether oxygens (including phenoxy) is 1. The Hall–Kier alpha value is -0.730. The van der Waals surface area contributed by atoms with Crippen molar-refractivity contribution >= 4 is 12.4 Å². The third-order valence-corrected chi connectivity index (χ3v) is 3.62. The van der Waals surface area contributed by atoms with Crippen molar-refractivity contribution in [3.8, 4) is 5.75 Å². The van der Waals surface area contributed by atoms with E-state index in [9.17, 15) is 0 Å². The molecule has 0 bridgehead atoms. The normalized spacial score (nSPS) is 12.7. The Bertz CT molecular complexity index is 438. The maximum Gasteiger partial charge on any atom is 0.125 e. The summed E-state index contributed by atoms with van der Waals surface area (Å²) >= 11 is 0. The first-order valence-electron chi connectivity index (χ1n) is 7.82. The number of nitrogens with two attached hydrogens (primary N) is 1. The van der Waals surface area contributed by atoms with E-state index >= 15 is 0 Å². The van der Waals surface area contributed by atoms with Crippen LogP contribution in [-0.4, -0.2) is 12.6 Å². The maximum absolute atomic E-state index is 6.10. The standard InChI is InChI=1S/C18H31NO.ClH/c1-7-9-20-17-13(3)10-14(11-15(19)8-2)12-16(17)18(4,5)6;/h10,12,15H,7-9,11,19H2,1-6H3;1H. The fraction of sp³-hybridized carbons (Fsp3) is 0.667. The summed E-state index contributed by atoms with van der Waals surface area (Å²) in [5.74, 6) is 1.06. The molecule has 0 saturated carbocycles. The van der Waals surface area contributed by atoms with Crippen LogP contribution in [0.2, 0.25) is 0 Å². The summed E-state index contributed by atoms with van der Waals surface area (Å²) in [6.07, 6.45) is 2.98. The van der Waals surface area contributed by atoms with Gasteiger partial charge in [0.15, 0.2) is 0 Å². The second kappa shape index (κ2) is 8.65. The number of hydrogen-bond acceptors (Lipinski definition) is 2.